The molecule has 128 valence electrons. The lowest BCUT2D eigenvalue weighted by molar-refractivity contribution is 0.100. The molecule has 0 radical (unpaired) electrons. The van der Waals surface area contributed by atoms with Gasteiger partial charge in [0.05, 0.1) is 15.3 Å². The quantitative estimate of drug-likeness (QED) is 0.606. The molecule has 0 aliphatic carbocycles. The summed E-state index contributed by atoms with van der Waals surface area (Å²) < 4.78 is 0.413. The van der Waals surface area contributed by atoms with Gasteiger partial charge in [0.15, 0.2) is 5.75 Å². The second-order valence-electron chi connectivity index (χ2n) is 5.39. The van der Waals surface area contributed by atoms with E-state index in [0.717, 1.165) is 16.9 Å². The number of phenolic OH excluding ortho intramolecular Hbond substituents is 1. The van der Waals surface area contributed by atoms with Crippen LogP contribution in [0.4, 0.5) is 5.00 Å². The number of carbonyl (C=O) groups is 2. The van der Waals surface area contributed by atoms with Crippen LogP contribution in [-0.4, -0.2) is 16.9 Å². The van der Waals surface area contributed by atoms with Crippen LogP contribution in [0.1, 0.15) is 26.3 Å². The Morgan fingerprint density at radius 2 is 1.84 bits per heavy atom. The minimum absolute atomic E-state index is 0.00536. The molecular weight excluding hydrogens is 383 g/mol. The lowest BCUT2D eigenvalue weighted by Crippen LogP contribution is -2.16. The van der Waals surface area contributed by atoms with Gasteiger partial charge in [-0.3, -0.25) is 9.59 Å². The highest BCUT2D eigenvalue weighted by Crippen LogP contribution is 2.46. The molecule has 0 atom stereocenters. The lowest BCUT2D eigenvalue weighted by atomic mass is 10.1. The highest BCUT2D eigenvalue weighted by atomic mass is 35.5. The Bertz CT molecular complexity index is 1010. The highest BCUT2D eigenvalue weighted by molar-refractivity contribution is 7.24. The van der Waals surface area contributed by atoms with Gasteiger partial charge in [-0.15, -0.1) is 11.3 Å². The van der Waals surface area contributed by atoms with E-state index >= 15 is 0 Å². The van der Waals surface area contributed by atoms with E-state index in [-0.39, 0.29) is 32.3 Å². The van der Waals surface area contributed by atoms with Crippen LogP contribution in [0.25, 0.3) is 10.1 Å². The minimum atomic E-state index is -0.733. The third-order valence-corrected chi connectivity index (χ3v) is 5.54. The molecule has 3 rings (SSSR count). The number of carbonyl (C=O) groups excluding carboxylic acids is 2. The Hall–Kier alpha value is -2.28. The summed E-state index contributed by atoms with van der Waals surface area (Å²) in [5.74, 6) is -1.41. The van der Waals surface area contributed by atoms with Crippen molar-refractivity contribution in [2.24, 2.45) is 5.73 Å². The number of benzene rings is 2. The SMILES string of the molecule is Cc1ccc(C(=O)Nc2sc3c(Cl)c(O)c(Cl)cc3c2C(N)=O)cc1. The number of halogens is 2. The van der Waals surface area contributed by atoms with Crippen LogP contribution in [0.2, 0.25) is 10.0 Å². The van der Waals surface area contributed by atoms with Gasteiger partial charge in [0.2, 0.25) is 0 Å². The Kier molecular flexibility index (Phi) is 4.60. The van der Waals surface area contributed by atoms with Crippen LogP contribution >= 0.6 is 34.5 Å². The normalized spacial score (nSPS) is 10.8. The number of anilines is 1. The van der Waals surface area contributed by atoms with Gasteiger partial charge < -0.3 is 16.2 Å². The molecule has 2 aromatic carbocycles. The van der Waals surface area contributed by atoms with Gasteiger partial charge in [-0.05, 0) is 25.1 Å². The van der Waals surface area contributed by atoms with Crippen molar-refractivity contribution in [3.8, 4) is 5.75 Å². The maximum atomic E-state index is 12.4. The molecule has 0 aliphatic heterocycles. The molecule has 25 heavy (non-hydrogen) atoms. The number of rotatable bonds is 3. The first-order valence-electron chi connectivity index (χ1n) is 7.11. The monoisotopic (exact) mass is 394 g/mol. The molecule has 5 nitrogen and oxygen atoms in total. The number of aromatic hydroxyl groups is 1. The third kappa shape index (κ3) is 3.16. The molecule has 3 aromatic rings. The average molecular weight is 395 g/mol. The predicted octanol–water partition coefficient (Wildman–Crippen LogP) is 4.57. The maximum Gasteiger partial charge on any atom is 0.256 e. The minimum Gasteiger partial charge on any atom is -0.505 e. The highest BCUT2D eigenvalue weighted by Gasteiger charge is 2.23. The number of hydrogen-bond acceptors (Lipinski definition) is 4. The summed E-state index contributed by atoms with van der Waals surface area (Å²) in [5, 5.41) is 13.2. The van der Waals surface area contributed by atoms with Crippen molar-refractivity contribution in [1.82, 2.24) is 0 Å². The summed E-state index contributed by atoms with van der Waals surface area (Å²) in [6.07, 6.45) is 0. The number of hydrogen-bond donors (Lipinski definition) is 3. The van der Waals surface area contributed by atoms with Crippen LogP contribution in [0, 0.1) is 6.92 Å². The lowest BCUT2D eigenvalue weighted by Gasteiger charge is -2.05. The number of primary amides is 1. The summed E-state index contributed by atoms with van der Waals surface area (Å²) in [4.78, 5) is 24.3. The number of aryl methyl sites for hydroxylation is 1. The summed E-state index contributed by atoms with van der Waals surface area (Å²) >= 11 is 13.1. The van der Waals surface area contributed by atoms with Gasteiger partial charge in [0.1, 0.15) is 10.0 Å². The molecule has 2 amide bonds. The van der Waals surface area contributed by atoms with Crippen molar-refractivity contribution in [3.05, 3.63) is 57.1 Å². The van der Waals surface area contributed by atoms with Gasteiger partial charge in [-0.1, -0.05) is 40.9 Å². The number of nitrogens with one attached hydrogen (secondary N) is 1. The molecule has 1 aromatic heterocycles. The number of fused-ring (bicyclic) bond motifs is 1. The molecule has 0 fully saturated rings. The molecule has 8 heteroatoms. The van der Waals surface area contributed by atoms with Gasteiger partial charge >= 0.3 is 0 Å². The van der Waals surface area contributed by atoms with E-state index in [1.165, 1.54) is 6.07 Å². The summed E-state index contributed by atoms with van der Waals surface area (Å²) in [6, 6.07) is 8.37. The van der Waals surface area contributed by atoms with E-state index in [0.29, 0.717) is 15.6 Å². The first kappa shape index (κ1) is 17.5. The van der Waals surface area contributed by atoms with E-state index in [9.17, 15) is 14.7 Å². The Morgan fingerprint density at radius 1 is 1.20 bits per heavy atom. The van der Waals surface area contributed by atoms with Gasteiger partial charge in [0, 0.05) is 10.9 Å². The van der Waals surface area contributed by atoms with Crippen molar-refractivity contribution in [3.63, 3.8) is 0 Å². The molecule has 4 N–H and O–H groups in total. The van der Waals surface area contributed by atoms with Crippen molar-refractivity contribution in [2.45, 2.75) is 6.92 Å². The van der Waals surface area contributed by atoms with E-state index in [1.807, 2.05) is 19.1 Å². The number of amides is 2. The van der Waals surface area contributed by atoms with Crippen LogP contribution in [0.3, 0.4) is 0 Å². The van der Waals surface area contributed by atoms with Crippen molar-refractivity contribution < 1.29 is 14.7 Å². The zero-order chi connectivity index (χ0) is 18.3. The molecular formula is C17H12Cl2N2O3S. The number of thiophene rings is 1. The van der Waals surface area contributed by atoms with Crippen molar-refractivity contribution in [1.29, 1.82) is 0 Å². The zero-order valence-electron chi connectivity index (χ0n) is 12.9. The fraction of sp³-hybridized carbons (Fsp3) is 0.0588. The average Bonchev–Trinajstić information content (AvgIpc) is 2.91. The third-order valence-electron chi connectivity index (χ3n) is 3.64. The summed E-state index contributed by atoms with van der Waals surface area (Å²) in [6.45, 7) is 1.91. The fourth-order valence-corrected chi connectivity index (χ4v) is 4.05. The molecule has 1 heterocycles. The number of phenols is 1. The predicted molar refractivity (Wildman–Crippen MR) is 101 cm³/mol. The Balaban J connectivity index is 2.11. The smallest absolute Gasteiger partial charge is 0.256 e. The number of nitrogens with two attached hydrogens (primary N) is 1. The van der Waals surface area contributed by atoms with E-state index in [1.54, 1.807) is 12.1 Å². The zero-order valence-corrected chi connectivity index (χ0v) is 15.2. The second-order valence-corrected chi connectivity index (χ2v) is 7.19. The van der Waals surface area contributed by atoms with E-state index in [4.69, 9.17) is 28.9 Å². The maximum absolute atomic E-state index is 12.4. The Labute approximate surface area is 157 Å². The molecule has 0 aliphatic rings. The topological polar surface area (TPSA) is 92.4 Å². The van der Waals surface area contributed by atoms with Crippen LogP contribution in [0.15, 0.2) is 30.3 Å². The molecule has 0 bridgehead atoms. The largest absolute Gasteiger partial charge is 0.505 e. The molecule has 0 saturated heterocycles. The molecule has 0 unspecified atom stereocenters. The molecule has 0 spiro atoms. The first-order valence-corrected chi connectivity index (χ1v) is 8.68. The van der Waals surface area contributed by atoms with Gasteiger partial charge in [-0.2, -0.15) is 0 Å². The second kappa shape index (κ2) is 6.55. The van der Waals surface area contributed by atoms with Crippen LogP contribution in [-0.2, 0) is 0 Å². The summed E-state index contributed by atoms with van der Waals surface area (Å²) in [5.41, 5.74) is 7.02. The van der Waals surface area contributed by atoms with Gasteiger partial charge in [0.25, 0.3) is 11.8 Å². The molecule has 0 saturated carbocycles. The van der Waals surface area contributed by atoms with Crippen molar-refractivity contribution >= 4 is 61.4 Å². The fourth-order valence-electron chi connectivity index (χ4n) is 2.36. The first-order chi connectivity index (χ1) is 11.8. The van der Waals surface area contributed by atoms with Crippen LogP contribution < -0.4 is 11.1 Å². The van der Waals surface area contributed by atoms with E-state index in [2.05, 4.69) is 5.32 Å². The summed E-state index contributed by atoms with van der Waals surface area (Å²) in [7, 11) is 0. The Morgan fingerprint density at radius 3 is 2.44 bits per heavy atom. The van der Waals surface area contributed by atoms with Gasteiger partial charge in [-0.25, -0.2) is 0 Å². The van der Waals surface area contributed by atoms with Crippen molar-refractivity contribution in [2.75, 3.05) is 5.32 Å². The standard InChI is InChI=1S/C17H12Cl2N2O3S/c1-7-2-4-8(5-3-7)16(24)21-17-11(15(20)23)9-6-10(18)13(22)12(19)14(9)25-17/h2-6,22H,1H3,(H2,20,23)(H,21,24). The van der Waals surface area contributed by atoms with Crippen LogP contribution in [0.5, 0.6) is 5.75 Å². The van der Waals surface area contributed by atoms with E-state index < -0.39 is 5.91 Å².